The van der Waals surface area contributed by atoms with Gasteiger partial charge in [0.05, 0.1) is 0 Å². The van der Waals surface area contributed by atoms with Gasteiger partial charge < -0.3 is 10.2 Å². The van der Waals surface area contributed by atoms with Gasteiger partial charge in [0.2, 0.25) is 5.91 Å². The molecule has 1 amide bonds. The van der Waals surface area contributed by atoms with Gasteiger partial charge in [0, 0.05) is 31.6 Å². The summed E-state index contributed by atoms with van der Waals surface area (Å²) < 4.78 is 0. The number of carbonyl (C=O) groups excluding carboxylic acids is 1. The van der Waals surface area contributed by atoms with Crippen molar-refractivity contribution < 1.29 is 4.79 Å². The minimum atomic E-state index is 0.347. The van der Waals surface area contributed by atoms with Gasteiger partial charge in [0.25, 0.3) is 0 Å². The Morgan fingerprint density at radius 1 is 1.22 bits per heavy atom. The molecule has 0 aromatic carbocycles. The van der Waals surface area contributed by atoms with Gasteiger partial charge in [-0.15, -0.1) is 0 Å². The summed E-state index contributed by atoms with van der Waals surface area (Å²) in [6.45, 7) is 5.51. The molecular weight excluding hydrogens is 224 g/mol. The Morgan fingerprint density at radius 2 is 2.00 bits per heavy atom. The highest BCUT2D eigenvalue weighted by Crippen LogP contribution is 2.36. The number of fused-ring (bicyclic) bond motifs is 1. The summed E-state index contributed by atoms with van der Waals surface area (Å²) in [7, 11) is 0. The molecule has 1 N–H and O–H groups in total. The van der Waals surface area contributed by atoms with Crippen LogP contribution in [0.1, 0.15) is 45.4 Å². The maximum absolute atomic E-state index is 12.7. The third kappa shape index (κ3) is 2.07. The van der Waals surface area contributed by atoms with Gasteiger partial charge in [0.1, 0.15) is 0 Å². The summed E-state index contributed by atoms with van der Waals surface area (Å²) in [5, 5.41) is 3.49. The van der Waals surface area contributed by atoms with Crippen LogP contribution < -0.4 is 5.32 Å². The first kappa shape index (κ1) is 12.5. The molecular formula is C15H26N2O. The van der Waals surface area contributed by atoms with E-state index in [1.165, 1.54) is 19.3 Å². The Kier molecular flexibility index (Phi) is 3.60. The number of carbonyl (C=O) groups is 1. The van der Waals surface area contributed by atoms with Crippen molar-refractivity contribution >= 4 is 5.91 Å². The molecule has 0 spiro atoms. The highest BCUT2D eigenvalue weighted by molar-refractivity contribution is 5.79. The summed E-state index contributed by atoms with van der Waals surface area (Å²) in [6, 6.07) is 0.513. The van der Waals surface area contributed by atoms with E-state index in [0.717, 1.165) is 50.7 Å². The quantitative estimate of drug-likeness (QED) is 0.813. The molecule has 2 heterocycles. The van der Waals surface area contributed by atoms with E-state index in [1.54, 1.807) is 0 Å². The van der Waals surface area contributed by atoms with Gasteiger partial charge in [-0.1, -0.05) is 26.2 Å². The lowest BCUT2D eigenvalue weighted by Gasteiger charge is -2.32. The van der Waals surface area contributed by atoms with Crippen molar-refractivity contribution in [2.75, 3.05) is 19.6 Å². The molecule has 18 heavy (non-hydrogen) atoms. The molecule has 2 saturated heterocycles. The van der Waals surface area contributed by atoms with Crippen molar-refractivity contribution in [3.05, 3.63) is 0 Å². The monoisotopic (exact) mass is 250 g/mol. The molecule has 0 radical (unpaired) electrons. The lowest BCUT2D eigenvalue weighted by molar-refractivity contribution is -0.138. The van der Waals surface area contributed by atoms with Crippen LogP contribution in [0.25, 0.3) is 0 Å². The maximum Gasteiger partial charge on any atom is 0.225 e. The molecule has 0 bridgehead atoms. The second-order valence-corrected chi connectivity index (χ2v) is 6.38. The van der Waals surface area contributed by atoms with Crippen molar-refractivity contribution in [1.29, 1.82) is 0 Å². The number of rotatable bonds is 2. The molecule has 102 valence electrons. The first-order chi connectivity index (χ1) is 8.81. The van der Waals surface area contributed by atoms with Gasteiger partial charge in [0.15, 0.2) is 0 Å². The lowest BCUT2D eigenvalue weighted by atomic mass is 9.87. The Labute approximate surface area is 110 Å². The second kappa shape index (κ2) is 5.20. The third-order valence-corrected chi connectivity index (χ3v) is 5.37. The fourth-order valence-electron chi connectivity index (χ4n) is 4.38. The molecule has 3 fully saturated rings. The number of nitrogens with zero attached hydrogens (tertiary/aromatic N) is 1. The van der Waals surface area contributed by atoms with Gasteiger partial charge >= 0.3 is 0 Å². The lowest BCUT2D eigenvalue weighted by Crippen LogP contribution is -2.43. The highest BCUT2D eigenvalue weighted by atomic mass is 16.2. The van der Waals surface area contributed by atoms with E-state index in [2.05, 4.69) is 17.1 Å². The van der Waals surface area contributed by atoms with Gasteiger partial charge in [-0.2, -0.15) is 0 Å². The van der Waals surface area contributed by atoms with Crippen LogP contribution in [0.15, 0.2) is 0 Å². The number of likely N-dealkylation sites (tertiary alicyclic amines) is 1. The Morgan fingerprint density at radius 3 is 2.72 bits per heavy atom. The molecule has 3 unspecified atom stereocenters. The van der Waals surface area contributed by atoms with Crippen molar-refractivity contribution in [3.63, 3.8) is 0 Å². The third-order valence-electron chi connectivity index (χ3n) is 5.37. The van der Waals surface area contributed by atoms with Crippen molar-refractivity contribution in [2.24, 2.45) is 17.8 Å². The molecule has 3 rings (SSSR count). The number of amides is 1. The summed E-state index contributed by atoms with van der Waals surface area (Å²) in [5.74, 6) is 2.28. The van der Waals surface area contributed by atoms with E-state index < -0.39 is 0 Å². The van der Waals surface area contributed by atoms with E-state index in [-0.39, 0.29) is 0 Å². The minimum absolute atomic E-state index is 0.347. The fourth-order valence-corrected chi connectivity index (χ4v) is 4.38. The van der Waals surface area contributed by atoms with Crippen LogP contribution in [0.4, 0.5) is 0 Å². The van der Waals surface area contributed by atoms with Crippen LogP contribution >= 0.6 is 0 Å². The Balaban J connectivity index is 1.69. The molecule has 0 aromatic heterocycles. The van der Waals surface area contributed by atoms with E-state index in [9.17, 15) is 4.79 Å². The predicted octanol–water partition coefficient (Wildman–Crippen LogP) is 2.02. The largest absolute Gasteiger partial charge is 0.339 e. The molecule has 2 aliphatic heterocycles. The zero-order valence-electron chi connectivity index (χ0n) is 11.5. The summed E-state index contributed by atoms with van der Waals surface area (Å²) in [5.41, 5.74) is 0. The summed E-state index contributed by atoms with van der Waals surface area (Å²) in [6.07, 6.45) is 7.25. The van der Waals surface area contributed by atoms with Gasteiger partial charge in [-0.05, 0) is 31.1 Å². The number of hydrogen-bond donors (Lipinski definition) is 1. The van der Waals surface area contributed by atoms with Gasteiger partial charge in [-0.3, -0.25) is 4.79 Å². The standard InChI is InChI=1S/C15H26N2O/c1-2-14-13-9-16-8-12(13)10-17(14)15(18)11-6-4-3-5-7-11/h11-14,16H,2-10H2,1H3. The molecule has 3 aliphatic rings. The molecule has 3 atom stereocenters. The predicted molar refractivity (Wildman–Crippen MR) is 72.2 cm³/mol. The van der Waals surface area contributed by atoms with Crippen LogP contribution in [0.2, 0.25) is 0 Å². The maximum atomic E-state index is 12.7. The van der Waals surface area contributed by atoms with Crippen molar-refractivity contribution in [1.82, 2.24) is 10.2 Å². The average Bonchev–Trinajstić information content (AvgIpc) is 2.98. The molecule has 1 aliphatic carbocycles. The smallest absolute Gasteiger partial charge is 0.225 e. The van der Waals surface area contributed by atoms with Gasteiger partial charge in [-0.25, -0.2) is 0 Å². The summed E-state index contributed by atoms with van der Waals surface area (Å²) >= 11 is 0. The first-order valence-corrected chi connectivity index (χ1v) is 7.82. The molecule has 1 saturated carbocycles. The first-order valence-electron chi connectivity index (χ1n) is 7.82. The number of nitrogens with one attached hydrogen (secondary N) is 1. The van der Waals surface area contributed by atoms with E-state index >= 15 is 0 Å². The van der Waals surface area contributed by atoms with Crippen LogP contribution in [0, 0.1) is 17.8 Å². The van der Waals surface area contributed by atoms with Crippen LogP contribution in [0.3, 0.4) is 0 Å². The van der Waals surface area contributed by atoms with Crippen LogP contribution in [-0.2, 0) is 4.79 Å². The highest BCUT2D eigenvalue weighted by Gasteiger charge is 2.46. The summed E-state index contributed by atoms with van der Waals surface area (Å²) in [4.78, 5) is 15.0. The number of hydrogen-bond acceptors (Lipinski definition) is 2. The van der Waals surface area contributed by atoms with Crippen molar-refractivity contribution in [2.45, 2.75) is 51.5 Å². The Bertz CT molecular complexity index is 312. The van der Waals surface area contributed by atoms with E-state index in [1.807, 2.05) is 0 Å². The Hall–Kier alpha value is -0.570. The minimum Gasteiger partial charge on any atom is -0.339 e. The average molecular weight is 250 g/mol. The molecule has 3 heteroatoms. The zero-order valence-corrected chi connectivity index (χ0v) is 11.5. The fraction of sp³-hybridized carbons (Fsp3) is 0.933. The molecule has 3 nitrogen and oxygen atoms in total. The zero-order chi connectivity index (χ0) is 12.5. The van der Waals surface area contributed by atoms with E-state index in [0.29, 0.717) is 17.9 Å². The topological polar surface area (TPSA) is 32.3 Å². The van der Waals surface area contributed by atoms with E-state index in [4.69, 9.17) is 0 Å². The SMILES string of the molecule is CCC1C2CNCC2CN1C(=O)C1CCCCC1. The normalized spacial score (nSPS) is 36.9. The van der Waals surface area contributed by atoms with Crippen LogP contribution in [-0.4, -0.2) is 36.5 Å². The van der Waals surface area contributed by atoms with Crippen LogP contribution in [0.5, 0.6) is 0 Å². The second-order valence-electron chi connectivity index (χ2n) is 6.38. The van der Waals surface area contributed by atoms with Crippen molar-refractivity contribution in [3.8, 4) is 0 Å². The molecule has 0 aromatic rings.